The Kier molecular flexibility index (Phi) is 5.88. The molecule has 0 saturated carbocycles. The second-order valence-electron chi connectivity index (χ2n) is 5.49. The molecule has 1 atom stereocenters. The topological polar surface area (TPSA) is 70.7 Å². The number of halogens is 1. The van der Waals surface area contributed by atoms with Gasteiger partial charge in [0.15, 0.2) is 5.16 Å². The molecular weight excluding hydrogens is 400 g/mol. The summed E-state index contributed by atoms with van der Waals surface area (Å²) in [5.74, 6) is 0.683. The van der Waals surface area contributed by atoms with E-state index in [4.69, 9.17) is 0 Å². The molecule has 1 unspecified atom stereocenters. The Labute approximate surface area is 158 Å². The summed E-state index contributed by atoms with van der Waals surface area (Å²) in [7, 11) is 0. The number of H-pyrrole nitrogens is 1. The molecule has 0 spiro atoms. The first-order valence-electron chi connectivity index (χ1n) is 7.76. The van der Waals surface area contributed by atoms with E-state index < -0.39 is 0 Å². The number of nitrogens with one attached hydrogen (secondary N) is 2. The molecule has 3 aromatic rings. The first-order chi connectivity index (χ1) is 12.1. The first-order valence-corrected chi connectivity index (χ1v) is 9.54. The van der Waals surface area contributed by atoms with Gasteiger partial charge in [-0.15, -0.1) is 0 Å². The monoisotopic (exact) mass is 416 g/mol. The second-order valence-corrected chi connectivity index (χ2v) is 7.31. The minimum absolute atomic E-state index is 0.0789. The molecule has 0 aliphatic heterocycles. The molecule has 2 aromatic carbocycles. The van der Waals surface area contributed by atoms with Gasteiger partial charge in [-0.25, -0.2) is 4.98 Å². The van der Waals surface area contributed by atoms with Crippen molar-refractivity contribution in [2.45, 2.75) is 23.9 Å². The van der Waals surface area contributed by atoms with Gasteiger partial charge in [-0.1, -0.05) is 58.0 Å². The third-order valence-electron chi connectivity index (χ3n) is 3.70. The number of carbonyl (C=O) groups excluding carboxylic acids is 1. The zero-order chi connectivity index (χ0) is 17.6. The van der Waals surface area contributed by atoms with E-state index in [1.807, 2.05) is 55.5 Å². The van der Waals surface area contributed by atoms with Crippen molar-refractivity contribution in [3.8, 4) is 0 Å². The van der Waals surface area contributed by atoms with Crippen LogP contribution in [0.1, 0.15) is 34.5 Å². The van der Waals surface area contributed by atoms with Crippen LogP contribution < -0.4 is 5.32 Å². The Hall–Kier alpha value is -2.12. The van der Waals surface area contributed by atoms with Crippen molar-refractivity contribution in [3.05, 3.63) is 76.0 Å². The van der Waals surface area contributed by atoms with E-state index in [-0.39, 0.29) is 11.9 Å². The van der Waals surface area contributed by atoms with Gasteiger partial charge in [-0.05, 0) is 36.2 Å². The fourth-order valence-electron chi connectivity index (χ4n) is 2.35. The van der Waals surface area contributed by atoms with Crippen LogP contribution in [0.3, 0.4) is 0 Å². The number of rotatable bonds is 6. The zero-order valence-electron chi connectivity index (χ0n) is 13.6. The van der Waals surface area contributed by atoms with Gasteiger partial charge in [0.25, 0.3) is 5.91 Å². The van der Waals surface area contributed by atoms with Crippen LogP contribution in [0.15, 0.2) is 64.5 Å². The third-order valence-corrected chi connectivity index (χ3v) is 5.37. The highest BCUT2D eigenvalue weighted by Crippen LogP contribution is 2.23. The molecular formula is C18H17BrN4OS. The molecule has 3 rings (SSSR count). The predicted octanol–water partition coefficient (Wildman–Crippen LogP) is 4.35. The SMILES string of the molecule is CC(NC(=O)c1ccc(CSc2ncn[nH]2)cc1)c1ccccc1Br. The van der Waals surface area contributed by atoms with Crippen molar-refractivity contribution < 1.29 is 4.79 Å². The molecule has 0 radical (unpaired) electrons. The number of aromatic nitrogens is 3. The molecule has 7 heteroatoms. The summed E-state index contributed by atoms with van der Waals surface area (Å²) in [5.41, 5.74) is 2.82. The first kappa shape index (κ1) is 17.7. The number of hydrogen-bond acceptors (Lipinski definition) is 4. The van der Waals surface area contributed by atoms with Crippen LogP contribution in [0.2, 0.25) is 0 Å². The largest absolute Gasteiger partial charge is 0.345 e. The van der Waals surface area contributed by atoms with Crippen LogP contribution in [0.4, 0.5) is 0 Å². The summed E-state index contributed by atoms with van der Waals surface area (Å²) in [6, 6.07) is 15.4. The number of hydrogen-bond donors (Lipinski definition) is 2. The van der Waals surface area contributed by atoms with Crippen molar-refractivity contribution in [1.82, 2.24) is 20.5 Å². The number of thioether (sulfide) groups is 1. The molecule has 128 valence electrons. The molecule has 5 nitrogen and oxygen atoms in total. The molecule has 25 heavy (non-hydrogen) atoms. The summed E-state index contributed by atoms with van der Waals surface area (Å²) in [6.07, 6.45) is 1.49. The van der Waals surface area contributed by atoms with Gasteiger partial charge in [-0.3, -0.25) is 9.89 Å². The number of aromatic amines is 1. The summed E-state index contributed by atoms with van der Waals surface area (Å²) in [4.78, 5) is 16.5. The molecule has 0 bridgehead atoms. The van der Waals surface area contributed by atoms with E-state index >= 15 is 0 Å². The van der Waals surface area contributed by atoms with Gasteiger partial charge in [0, 0.05) is 15.8 Å². The Bertz CT molecular complexity index is 837. The van der Waals surface area contributed by atoms with E-state index in [0.29, 0.717) is 5.56 Å². The summed E-state index contributed by atoms with van der Waals surface area (Å²) < 4.78 is 0.989. The Balaban J connectivity index is 1.59. The molecule has 1 heterocycles. The van der Waals surface area contributed by atoms with Gasteiger partial charge < -0.3 is 5.32 Å². The average Bonchev–Trinajstić information content (AvgIpc) is 3.14. The average molecular weight is 417 g/mol. The Morgan fingerprint density at radius 2 is 2.00 bits per heavy atom. The van der Waals surface area contributed by atoms with Gasteiger partial charge in [0.05, 0.1) is 6.04 Å². The van der Waals surface area contributed by atoms with Crippen LogP contribution in [0.5, 0.6) is 0 Å². The highest BCUT2D eigenvalue weighted by Gasteiger charge is 2.13. The normalized spacial score (nSPS) is 11.9. The van der Waals surface area contributed by atoms with Crippen LogP contribution in [0.25, 0.3) is 0 Å². The molecule has 1 amide bonds. The van der Waals surface area contributed by atoms with E-state index in [0.717, 1.165) is 26.5 Å². The maximum Gasteiger partial charge on any atom is 0.251 e. The fourth-order valence-corrected chi connectivity index (χ4v) is 3.71. The minimum atomic E-state index is -0.0855. The van der Waals surface area contributed by atoms with E-state index in [9.17, 15) is 4.79 Å². The third kappa shape index (κ3) is 4.70. The van der Waals surface area contributed by atoms with Crippen LogP contribution >= 0.6 is 27.7 Å². The molecule has 0 aliphatic carbocycles. The minimum Gasteiger partial charge on any atom is -0.345 e. The zero-order valence-corrected chi connectivity index (χ0v) is 16.0. The summed E-state index contributed by atoms with van der Waals surface area (Å²) in [5, 5.41) is 10.4. The Morgan fingerprint density at radius 3 is 2.68 bits per heavy atom. The molecule has 1 aromatic heterocycles. The Morgan fingerprint density at radius 1 is 1.24 bits per heavy atom. The maximum absolute atomic E-state index is 12.4. The van der Waals surface area contributed by atoms with Gasteiger partial charge in [0.1, 0.15) is 6.33 Å². The highest BCUT2D eigenvalue weighted by atomic mass is 79.9. The smallest absolute Gasteiger partial charge is 0.251 e. The summed E-state index contributed by atoms with van der Waals surface area (Å²) in [6.45, 7) is 1.97. The number of benzene rings is 2. The van der Waals surface area contributed by atoms with Crippen LogP contribution in [0, 0.1) is 0 Å². The number of carbonyl (C=O) groups is 1. The standard InChI is InChI=1S/C18H17BrN4OS/c1-12(15-4-2-3-5-16(15)19)22-17(24)14-8-6-13(7-9-14)10-25-18-20-11-21-23-18/h2-9,11-12H,10H2,1H3,(H,22,24)(H,20,21,23). The fraction of sp³-hybridized carbons (Fsp3) is 0.167. The molecule has 2 N–H and O–H groups in total. The number of amides is 1. The highest BCUT2D eigenvalue weighted by molar-refractivity contribution is 9.10. The lowest BCUT2D eigenvalue weighted by Gasteiger charge is -2.16. The van der Waals surface area contributed by atoms with E-state index in [1.54, 1.807) is 11.8 Å². The lowest BCUT2D eigenvalue weighted by Crippen LogP contribution is -2.26. The lowest BCUT2D eigenvalue weighted by atomic mass is 10.1. The van der Waals surface area contributed by atoms with Crippen molar-refractivity contribution in [3.63, 3.8) is 0 Å². The summed E-state index contributed by atoms with van der Waals surface area (Å²) >= 11 is 5.09. The van der Waals surface area contributed by atoms with Gasteiger partial charge in [-0.2, -0.15) is 5.10 Å². The molecule has 0 aliphatic rings. The second kappa shape index (κ2) is 8.31. The lowest BCUT2D eigenvalue weighted by molar-refractivity contribution is 0.0940. The maximum atomic E-state index is 12.4. The van der Waals surface area contributed by atoms with Crippen molar-refractivity contribution in [2.75, 3.05) is 0 Å². The van der Waals surface area contributed by atoms with Crippen LogP contribution in [-0.2, 0) is 5.75 Å². The van der Waals surface area contributed by atoms with Crippen molar-refractivity contribution >= 4 is 33.6 Å². The number of nitrogens with zero attached hydrogens (tertiary/aromatic N) is 2. The molecule has 0 fully saturated rings. The van der Waals surface area contributed by atoms with Crippen molar-refractivity contribution in [1.29, 1.82) is 0 Å². The van der Waals surface area contributed by atoms with Gasteiger partial charge >= 0.3 is 0 Å². The van der Waals surface area contributed by atoms with E-state index in [1.165, 1.54) is 6.33 Å². The van der Waals surface area contributed by atoms with Crippen molar-refractivity contribution in [2.24, 2.45) is 0 Å². The van der Waals surface area contributed by atoms with Crippen LogP contribution in [-0.4, -0.2) is 21.1 Å². The van der Waals surface area contributed by atoms with E-state index in [2.05, 4.69) is 36.4 Å². The quantitative estimate of drug-likeness (QED) is 0.585. The van der Waals surface area contributed by atoms with Gasteiger partial charge in [0.2, 0.25) is 0 Å². The molecule has 0 saturated heterocycles. The predicted molar refractivity (Wildman–Crippen MR) is 102 cm³/mol.